The molecule has 0 aromatic rings. The summed E-state index contributed by atoms with van der Waals surface area (Å²) >= 11 is 0. The maximum absolute atomic E-state index is 11.9. The fourth-order valence-corrected chi connectivity index (χ4v) is 1.99. The first-order valence-corrected chi connectivity index (χ1v) is 6.48. The summed E-state index contributed by atoms with van der Waals surface area (Å²) in [6.45, 7) is 8.74. The SMILES string of the molecule is CCC(=O)N1CC[C@@H](N(C)C(=O)OC(C)(C)C)C1. The van der Waals surface area contributed by atoms with Crippen molar-refractivity contribution < 1.29 is 14.3 Å². The van der Waals surface area contributed by atoms with E-state index in [4.69, 9.17) is 4.74 Å². The lowest BCUT2D eigenvalue weighted by atomic mass is 10.2. The lowest BCUT2D eigenvalue weighted by Crippen LogP contribution is -2.42. The lowest BCUT2D eigenvalue weighted by molar-refractivity contribution is -0.130. The summed E-state index contributed by atoms with van der Waals surface area (Å²) in [5.41, 5.74) is -0.483. The van der Waals surface area contributed by atoms with Gasteiger partial charge in [0.05, 0.1) is 6.04 Å². The molecule has 0 bridgehead atoms. The van der Waals surface area contributed by atoms with Gasteiger partial charge in [-0.05, 0) is 27.2 Å². The molecule has 1 saturated heterocycles. The first kappa shape index (κ1) is 14.8. The molecule has 104 valence electrons. The quantitative estimate of drug-likeness (QED) is 0.757. The molecule has 18 heavy (non-hydrogen) atoms. The van der Waals surface area contributed by atoms with E-state index >= 15 is 0 Å². The van der Waals surface area contributed by atoms with Crippen molar-refractivity contribution in [1.82, 2.24) is 9.80 Å². The van der Waals surface area contributed by atoms with Crippen molar-refractivity contribution in [3.63, 3.8) is 0 Å². The second-order valence-corrected chi connectivity index (χ2v) is 5.73. The van der Waals surface area contributed by atoms with Crippen molar-refractivity contribution in [2.45, 2.75) is 52.2 Å². The van der Waals surface area contributed by atoms with Crippen molar-refractivity contribution in [3.8, 4) is 0 Å². The molecule has 0 saturated carbocycles. The Labute approximate surface area is 109 Å². The summed E-state index contributed by atoms with van der Waals surface area (Å²) in [5.74, 6) is 0.148. The topological polar surface area (TPSA) is 49.9 Å². The fourth-order valence-electron chi connectivity index (χ4n) is 1.99. The summed E-state index contributed by atoms with van der Waals surface area (Å²) in [6.07, 6.45) is 1.02. The standard InChI is InChI=1S/C13H24N2O3/c1-6-11(16)15-8-7-10(9-15)14(5)12(17)18-13(2,3)4/h10H,6-9H2,1-5H3/t10-/m1/s1. The van der Waals surface area contributed by atoms with E-state index in [1.807, 2.05) is 32.6 Å². The van der Waals surface area contributed by atoms with Crippen LogP contribution < -0.4 is 0 Å². The summed E-state index contributed by atoms with van der Waals surface area (Å²) in [7, 11) is 1.73. The third kappa shape index (κ3) is 3.89. The molecule has 1 heterocycles. The zero-order valence-electron chi connectivity index (χ0n) is 12.0. The Morgan fingerprint density at radius 2 is 2.00 bits per heavy atom. The van der Waals surface area contributed by atoms with Crippen molar-refractivity contribution >= 4 is 12.0 Å². The summed E-state index contributed by atoms with van der Waals surface area (Å²) in [4.78, 5) is 26.9. The molecular formula is C13H24N2O3. The van der Waals surface area contributed by atoms with Gasteiger partial charge in [-0.25, -0.2) is 4.79 Å². The van der Waals surface area contributed by atoms with E-state index in [0.29, 0.717) is 13.0 Å². The van der Waals surface area contributed by atoms with Crippen LogP contribution in [0.25, 0.3) is 0 Å². The number of likely N-dealkylation sites (N-methyl/N-ethyl adjacent to an activating group) is 1. The molecule has 0 N–H and O–H groups in total. The van der Waals surface area contributed by atoms with Crippen molar-refractivity contribution in [2.75, 3.05) is 20.1 Å². The van der Waals surface area contributed by atoms with E-state index in [1.54, 1.807) is 11.9 Å². The molecule has 1 rings (SSSR count). The minimum absolute atomic E-state index is 0.0651. The van der Waals surface area contributed by atoms with Crippen LogP contribution in [0, 0.1) is 0 Å². The van der Waals surface area contributed by atoms with Gasteiger partial charge in [0.15, 0.2) is 0 Å². The molecule has 0 radical (unpaired) electrons. The molecule has 2 amide bonds. The molecule has 1 aliphatic rings. The maximum atomic E-state index is 11.9. The number of amides is 2. The van der Waals surface area contributed by atoms with Gasteiger partial charge in [0.25, 0.3) is 0 Å². The average molecular weight is 256 g/mol. The van der Waals surface area contributed by atoms with Gasteiger partial charge in [-0.2, -0.15) is 0 Å². The maximum Gasteiger partial charge on any atom is 0.410 e. The zero-order chi connectivity index (χ0) is 13.9. The Morgan fingerprint density at radius 1 is 1.39 bits per heavy atom. The van der Waals surface area contributed by atoms with Crippen LogP contribution in [0.3, 0.4) is 0 Å². The lowest BCUT2D eigenvalue weighted by Gasteiger charge is -2.28. The van der Waals surface area contributed by atoms with Crippen LogP contribution in [0.2, 0.25) is 0 Å². The van der Waals surface area contributed by atoms with Crippen LogP contribution in [0.1, 0.15) is 40.5 Å². The molecule has 1 atom stereocenters. The fraction of sp³-hybridized carbons (Fsp3) is 0.846. The predicted octanol–water partition coefficient (Wildman–Crippen LogP) is 1.86. The monoisotopic (exact) mass is 256 g/mol. The van der Waals surface area contributed by atoms with Crippen molar-refractivity contribution in [1.29, 1.82) is 0 Å². The molecule has 0 unspecified atom stereocenters. The second-order valence-electron chi connectivity index (χ2n) is 5.73. The van der Waals surface area contributed by atoms with Gasteiger partial charge in [-0.1, -0.05) is 6.92 Å². The molecule has 5 nitrogen and oxygen atoms in total. The largest absolute Gasteiger partial charge is 0.444 e. The van der Waals surface area contributed by atoms with Gasteiger partial charge in [0.2, 0.25) is 5.91 Å². The summed E-state index contributed by atoms with van der Waals surface area (Å²) < 4.78 is 5.32. The third-order valence-electron chi connectivity index (χ3n) is 3.05. The number of hydrogen-bond donors (Lipinski definition) is 0. The highest BCUT2D eigenvalue weighted by Gasteiger charge is 2.32. The Hall–Kier alpha value is -1.26. The number of likely N-dealkylation sites (tertiary alicyclic amines) is 1. The highest BCUT2D eigenvalue weighted by atomic mass is 16.6. The molecule has 0 aromatic carbocycles. The van der Waals surface area contributed by atoms with Gasteiger partial charge >= 0.3 is 6.09 Å². The molecule has 0 spiro atoms. The first-order chi connectivity index (χ1) is 8.24. The normalized spacial score (nSPS) is 19.8. The van der Waals surface area contributed by atoms with Crippen LogP contribution in [-0.4, -0.2) is 53.6 Å². The smallest absolute Gasteiger partial charge is 0.410 e. The molecule has 1 fully saturated rings. The van der Waals surface area contributed by atoms with Crippen LogP contribution in [0.4, 0.5) is 4.79 Å². The highest BCUT2D eigenvalue weighted by molar-refractivity contribution is 5.76. The van der Waals surface area contributed by atoms with Gasteiger partial charge in [0.1, 0.15) is 5.60 Å². The molecule has 0 aliphatic carbocycles. The second kappa shape index (κ2) is 5.59. The highest BCUT2D eigenvalue weighted by Crippen LogP contribution is 2.18. The Morgan fingerprint density at radius 3 is 2.50 bits per heavy atom. The number of carbonyl (C=O) groups excluding carboxylic acids is 2. The van der Waals surface area contributed by atoms with Gasteiger partial charge in [0, 0.05) is 26.6 Å². The van der Waals surface area contributed by atoms with E-state index < -0.39 is 5.60 Å². The minimum atomic E-state index is -0.483. The number of carbonyl (C=O) groups is 2. The van der Waals surface area contributed by atoms with Gasteiger partial charge < -0.3 is 14.5 Å². The van der Waals surface area contributed by atoms with E-state index in [2.05, 4.69) is 0 Å². The molecular weight excluding hydrogens is 232 g/mol. The van der Waals surface area contributed by atoms with Crippen molar-refractivity contribution in [2.24, 2.45) is 0 Å². The molecule has 5 heteroatoms. The molecule has 1 aliphatic heterocycles. The first-order valence-electron chi connectivity index (χ1n) is 6.48. The predicted molar refractivity (Wildman–Crippen MR) is 69.3 cm³/mol. The summed E-state index contributed by atoms with van der Waals surface area (Å²) in [5, 5.41) is 0. The third-order valence-corrected chi connectivity index (χ3v) is 3.05. The van der Waals surface area contributed by atoms with E-state index in [1.165, 1.54) is 0 Å². The minimum Gasteiger partial charge on any atom is -0.444 e. The zero-order valence-corrected chi connectivity index (χ0v) is 12.0. The van der Waals surface area contributed by atoms with E-state index in [0.717, 1.165) is 13.0 Å². The number of ether oxygens (including phenoxy) is 1. The van der Waals surface area contributed by atoms with Crippen molar-refractivity contribution in [3.05, 3.63) is 0 Å². The summed E-state index contributed by atoms with van der Waals surface area (Å²) in [6, 6.07) is 0.0651. The van der Waals surface area contributed by atoms with Gasteiger partial charge in [-0.3, -0.25) is 4.79 Å². The van der Waals surface area contributed by atoms with Crippen LogP contribution in [-0.2, 0) is 9.53 Å². The van der Waals surface area contributed by atoms with E-state index in [-0.39, 0.29) is 18.0 Å². The number of rotatable bonds is 2. The Bertz CT molecular complexity index is 323. The molecule has 0 aromatic heterocycles. The Balaban J connectivity index is 2.52. The number of nitrogens with zero attached hydrogens (tertiary/aromatic N) is 2. The Kier molecular flexibility index (Phi) is 4.59. The van der Waals surface area contributed by atoms with Crippen LogP contribution in [0.15, 0.2) is 0 Å². The van der Waals surface area contributed by atoms with E-state index in [9.17, 15) is 9.59 Å². The van der Waals surface area contributed by atoms with Gasteiger partial charge in [-0.15, -0.1) is 0 Å². The number of hydrogen-bond acceptors (Lipinski definition) is 3. The van der Waals surface area contributed by atoms with Crippen LogP contribution >= 0.6 is 0 Å². The average Bonchev–Trinajstić information content (AvgIpc) is 2.73. The van der Waals surface area contributed by atoms with Crippen LogP contribution in [0.5, 0.6) is 0 Å².